The molecule has 0 radical (unpaired) electrons. The van der Waals surface area contributed by atoms with Gasteiger partial charge in [-0.3, -0.25) is 4.68 Å². The standard InChI is InChI=1S/C17H21N3O/c1-20-16-4-2-3-15(14(16)11-19-20)18-10-12-5-6-17-13(9-12)7-8-21-17/h5-6,9,11,15,18H,2-4,7-8,10H2,1H3. The summed E-state index contributed by atoms with van der Waals surface area (Å²) in [5.41, 5.74) is 5.46. The molecule has 1 aliphatic carbocycles. The lowest BCUT2D eigenvalue weighted by molar-refractivity contribution is 0.357. The number of hydrogen-bond donors (Lipinski definition) is 1. The van der Waals surface area contributed by atoms with Crippen LogP contribution in [0.3, 0.4) is 0 Å². The molecule has 2 aliphatic rings. The number of nitrogens with zero attached hydrogens (tertiary/aromatic N) is 2. The molecule has 1 aromatic carbocycles. The normalized spacial score (nSPS) is 20.0. The fourth-order valence-corrected chi connectivity index (χ4v) is 3.51. The SMILES string of the molecule is Cn1ncc2c1CCCC2NCc1ccc2c(c1)CCO2. The van der Waals surface area contributed by atoms with Crippen LogP contribution in [0.4, 0.5) is 0 Å². The van der Waals surface area contributed by atoms with Gasteiger partial charge in [0.15, 0.2) is 0 Å². The zero-order valence-corrected chi connectivity index (χ0v) is 12.4. The Hall–Kier alpha value is -1.81. The molecule has 0 fully saturated rings. The van der Waals surface area contributed by atoms with Gasteiger partial charge in [-0.1, -0.05) is 12.1 Å². The predicted octanol–water partition coefficient (Wildman–Crippen LogP) is 2.52. The van der Waals surface area contributed by atoms with Gasteiger partial charge in [-0.05, 0) is 36.5 Å². The number of ether oxygens (including phenoxy) is 1. The van der Waals surface area contributed by atoms with Gasteiger partial charge in [0.2, 0.25) is 0 Å². The molecule has 4 nitrogen and oxygen atoms in total. The van der Waals surface area contributed by atoms with Gasteiger partial charge < -0.3 is 10.1 Å². The first-order chi connectivity index (χ1) is 10.3. The van der Waals surface area contributed by atoms with Crippen LogP contribution in [-0.2, 0) is 26.4 Å². The second-order valence-electron chi connectivity index (χ2n) is 6.04. The fourth-order valence-electron chi connectivity index (χ4n) is 3.51. The number of benzene rings is 1. The zero-order chi connectivity index (χ0) is 14.2. The highest BCUT2D eigenvalue weighted by atomic mass is 16.5. The maximum atomic E-state index is 5.57. The minimum atomic E-state index is 0.437. The van der Waals surface area contributed by atoms with Crippen molar-refractivity contribution in [2.24, 2.45) is 7.05 Å². The van der Waals surface area contributed by atoms with Crippen LogP contribution in [0.5, 0.6) is 5.75 Å². The molecule has 1 N–H and O–H groups in total. The van der Waals surface area contributed by atoms with E-state index in [1.165, 1.54) is 35.2 Å². The molecule has 2 heterocycles. The molecule has 21 heavy (non-hydrogen) atoms. The maximum Gasteiger partial charge on any atom is 0.122 e. The zero-order valence-electron chi connectivity index (χ0n) is 12.4. The van der Waals surface area contributed by atoms with Gasteiger partial charge in [0.25, 0.3) is 0 Å². The van der Waals surface area contributed by atoms with Crippen LogP contribution in [-0.4, -0.2) is 16.4 Å². The number of aryl methyl sites for hydroxylation is 1. The molecule has 1 aliphatic heterocycles. The molecule has 1 aromatic heterocycles. The van der Waals surface area contributed by atoms with Gasteiger partial charge >= 0.3 is 0 Å². The summed E-state index contributed by atoms with van der Waals surface area (Å²) in [5, 5.41) is 8.12. The summed E-state index contributed by atoms with van der Waals surface area (Å²) >= 11 is 0. The van der Waals surface area contributed by atoms with Crippen LogP contribution in [0.2, 0.25) is 0 Å². The summed E-state index contributed by atoms with van der Waals surface area (Å²) in [7, 11) is 2.04. The molecule has 0 saturated carbocycles. The Bertz CT molecular complexity index is 662. The Morgan fingerprint density at radius 2 is 2.33 bits per heavy atom. The molecule has 4 heteroatoms. The summed E-state index contributed by atoms with van der Waals surface area (Å²) in [5.74, 6) is 1.06. The summed E-state index contributed by atoms with van der Waals surface area (Å²) < 4.78 is 7.59. The quantitative estimate of drug-likeness (QED) is 0.941. The molecule has 110 valence electrons. The smallest absolute Gasteiger partial charge is 0.122 e. The third-order valence-corrected chi connectivity index (χ3v) is 4.68. The van der Waals surface area contributed by atoms with Crippen LogP contribution >= 0.6 is 0 Å². The van der Waals surface area contributed by atoms with E-state index in [-0.39, 0.29) is 0 Å². The first-order valence-electron chi connectivity index (χ1n) is 7.80. The van der Waals surface area contributed by atoms with E-state index >= 15 is 0 Å². The average Bonchev–Trinajstić information content (AvgIpc) is 3.12. The van der Waals surface area contributed by atoms with Crippen molar-refractivity contribution in [1.29, 1.82) is 0 Å². The fraction of sp³-hybridized carbons (Fsp3) is 0.471. The average molecular weight is 283 g/mol. The first kappa shape index (κ1) is 12.9. The summed E-state index contributed by atoms with van der Waals surface area (Å²) in [6, 6.07) is 6.99. The maximum absolute atomic E-state index is 5.57. The van der Waals surface area contributed by atoms with Crippen molar-refractivity contribution in [3.63, 3.8) is 0 Å². The van der Waals surface area contributed by atoms with Crippen molar-refractivity contribution < 1.29 is 4.74 Å². The van der Waals surface area contributed by atoms with Crippen LogP contribution in [0.15, 0.2) is 24.4 Å². The van der Waals surface area contributed by atoms with Crippen molar-refractivity contribution in [3.05, 3.63) is 46.8 Å². The molecule has 0 amide bonds. The van der Waals surface area contributed by atoms with Crippen LogP contribution in [0.1, 0.15) is 41.3 Å². The lowest BCUT2D eigenvalue weighted by atomic mass is 9.93. The van der Waals surface area contributed by atoms with E-state index in [2.05, 4.69) is 28.6 Å². The third kappa shape index (κ3) is 2.33. The topological polar surface area (TPSA) is 39.1 Å². The van der Waals surface area contributed by atoms with Gasteiger partial charge in [-0.25, -0.2) is 0 Å². The summed E-state index contributed by atoms with van der Waals surface area (Å²) in [6.07, 6.45) is 6.66. The highest BCUT2D eigenvalue weighted by Crippen LogP contribution is 2.30. The molecule has 4 rings (SSSR count). The van der Waals surface area contributed by atoms with Crippen LogP contribution in [0, 0.1) is 0 Å². The van der Waals surface area contributed by atoms with Gasteiger partial charge in [0.1, 0.15) is 5.75 Å². The van der Waals surface area contributed by atoms with Gasteiger partial charge in [0, 0.05) is 37.3 Å². The largest absolute Gasteiger partial charge is 0.493 e. The van der Waals surface area contributed by atoms with Crippen LogP contribution < -0.4 is 10.1 Å². The van der Waals surface area contributed by atoms with E-state index in [0.717, 1.165) is 31.7 Å². The Morgan fingerprint density at radius 3 is 3.29 bits per heavy atom. The summed E-state index contributed by atoms with van der Waals surface area (Å²) in [4.78, 5) is 0. The Balaban J connectivity index is 1.48. The lowest BCUT2D eigenvalue weighted by Crippen LogP contribution is -2.24. The van der Waals surface area contributed by atoms with Crippen molar-refractivity contribution in [3.8, 4) is 5.75 Å². The second kappa shape index (κ2) is 5.19. The van der Waals surface area contributed by atoms with Crippen molar-refractivity contribution in [2.45, 2.75) is 38.3 Å². The van der Waals surface area contributed by atoms with Gasteiger partial charge in [-0.2, -0.15) is 5.10 Å². The lowest BCUT2D eigenvalue weighted by Gasteiger charge is -2.24. The first-order valence-corrected chi connectivity index (χ1v) is 7.80. The van der Waals surface area contributed by atoms with Crippen LogP contribution in [0.25, 0.3) is 0 Å². The minimum Gasteiger partial charge on any atom is -0.493 e. The highest BCUT2D eigenvalue weighted by molar-refractivity contribution is 5.39. The van der Waals surface area contributed by atoms with E-state index < -0.39 is 0 Å². The molecule has 2 aromatic rings. The van der Waals surface area contributed by atoms with Crippen molar-refractivity contribution in [2.75, 3.05) is 6.61 Å². The monoisotopic (exact) mass is 283 g/mol. The van der Waals surface area contributed by atoms with E-state index in [0.29, 0.717) is 6.04 Å². The minimum absolute atomic E-state index is 0.437. The molecule has 0 spiro atoms. The van der Waals surface area contributed by atoms with Gasteiger partial charge in [-0.15, -0.1) is 0 Å². The molecule has 1 unspecified atom stereocenters. The van der Waals surface area contributed by atoms with Crippen molar-refractivity contribution >= 4 is 0 Å². The molecule has 1 atom stereocenters. The summed E-state index contributed by atoms with van der Waals surface area (Å²) in [6.45, 7) is 1.74. The highest BCUT2D eigenvalue weighted by Gasteiger charge is 2.23. The van der Waals surface area contributed by atoms with E-state index in [9.17, 15) is 0 Å². The van der Waals surface area contributed by atoms with E-state index in [1.807, 2.05) is 17.9 Å². The Labute approximate surface area is 125 Å². The Kier molecular flexibility index (Phi) is 3.19. The van der Waals surface area contributed by atoms with Gasteiger partial charge in [0.05, 0.1) is 12.8 Å². The molecular weight excluding hydrogens is 262 g/mol. The molecule has 0 saturated heterocycles. The number of nitrogens with one attached hydrogen (secondary N) is 1. The number of aromatic nitrogens is 2. The third-order valence-electron chi connectivity index (χ3n) is 4.68. The second-order valence-corrected chi connectivity index (χ2v) is 6.04. The van der Waals surface area contributed by atoms with E-state index in [4.69, 9.17) is 4.74 Å². The predicted molar refractivity (Wildman–Crippen MR) is 81.4 cm³/mol. The molecular formula is C17H21N3O. The van der Waals surface area contributed by atoms with Crippen molar-refractivity contribution in [1.82, 2.24) is 15.1 Å². The molecule has 0 bridgehead atoms. The van der Waals surface area contributed by atoms with E-state index in [1.54, 1.807) is 0 Å². The number of hydrogen-bond acceptors (Lipinski definition) is 3. The Morgan fingerprint density at radius 1 is 1.38 bits per heavy atom. The number of rotatable bonds is 3. The number of fused-ring (bicyclic) bond motifs is 2.